The van der Waals surface area contributed by atoms with Crippen LogP contribution in [0.4, 0.5) is 10.1 Å². The Morgan fingerprint density at radius 3 is 2.17 bits per heavy atom. The van der Waals surface area contributed by atoms with Crippen LogP contribution in [-0.2, 0) is 9.59 Å². The van der Waals surface area contributed by atoms with E-state index in [0.29, 0.717) is 16.8 Å². The van der Waals surface area contributed by atoms with Gasteiger partial charge in [-0.25, -0.2) is 4.39 Å². The van der Waals surface area contributed by atoms with Crippen molar-refractivity contribution < 1.29 is 19.1 Å². The molecule has 4 nitrogen and oxygen atoms in total. The van der Waals surface area contributed by atoms with Crippen molar-refractivity contribution >= 4 is 17.3 Å². The van der Waals surface area contributed by atoms with Gasteiger partial charge >= 0.3 is 0 Å². The summed E-state index contributed by atoms with van der Waals surface area (Å²) in [7, 11) is 0. The molecule has 0 saturated carbocycles. The third kappa shape index (κ3) is 4.30. The van der Waals surface area contributed by atoms with Crippen molar-refractivity contribution in [2.24, 2.45) is 5.92 Å². The maximum atomic E-state index is 13.5. The predicted molar refractivity (Wildman–Crippen MR) is 111 cm³/mol. The number of allylic oxidation sites excluding steroid dienone is 1. The van der Waals surface area contributed by atoms with E-state index in [-0.39, 0.29) is 18.0 Å². The van der Waals surface area contributed by atoms with E-state index in [1.165, 1.54) is 26.0 Å². The van der Waals surface area contributed by atoms with Gasteiger partial charge in [0.25, 0.3) is 0 Å². The number of anilines is 1. The molecule has 0 aliphatic heterocycles. The Bertz CT molecular complexity index is 959. The summed E-state index contributed by atoms with van der Waals surface area (Å²) in [6.07, 6.45) is 0.137. The van der Waals surface area contributed by atoms with Crippen LogP contribution in [0.1, 0.15) is 44.2 Å². The smallest absolute Gasteiger partial charge is 0.158 e. The minimum atomic E-state index is -1.36. The number of benzene rings is 2. The number of hydrogen-bond acceptors (Lipinski definition) is 4. The molecular weight excluding hydrogens is 369 g/mol. The monoisotopic (exact) mass is 395 g/mol. The fraction of sp³-hybridized carbons (Fsp3) is 0.333. The Hall–Kier alpha value is -2.79. The van der Waals surface area contributed by atoms with Gasteiger partial charge in [-0.15, -0.1) is 0 Å². The summed E-state index contributed by atoms with van der Waals surface area (Å²) >= 11 is 0. The summed E-state index contributed by atoms with van der Waals surface area (Å²) in [6.45, 7) is 6.48. The fourth-order valence-corrected chi connectivity index (χ4v) is 4.33. The highest BCUT2D eigenvalue weighted by molar-refractivity contribution is 5.98. The molecular formula is C24H26FNO3. The number of hydrogen-bond donors (Lipinski definition) is 2. The Balaban J connectivity index is 2.19. The van der Waals surface area contributed by atoms with E-state index in [1.54, 1.807) is 19.1 Å². The van der Waals surface area contributed by atoms with Crippen molar-refractivity contribution in [1.29, 1.82) is 0 Å². The second-order valence-corrected chi connectivity index (χ2v) is 8.09. The second kappa shape index (κ2) is 7.91. The molecule has 1 aliphatic rings. The lowest BCUT2D eigenvalue weighted by molar-refractivity contribution is -0.131. The number of Topliss-reactive ketones (excluding diaryl/α,β-unsaturated/α-hetero) is 2. The first-order chi connectivity index (χ1) is 13.6. The van der Waals surface area contributed by atoms with Crippen LogP contribution in [0.3, 0.4) is 0 Å². The zero-order chi connectivity index (χ0) is 21.3. The molecule has 0 saturated heterocycles. The summed E-state index contributed by atoms with van der Waals surface area (Å²) in [5.41, 5.74) is 2.19. The highest BCUT2D eigenvalue weighted by Gasteiger charge is 2.49. The van der Waals surface area contributed by atoms with Gasteiger partial charge < -0.3 is 10.4 Å². The zero-order valence-electron chi connectivity index (χ0n) is 17.1. The number of halogens is 1. The molecule has 0 fully saturated rings. The molecule has 1 aliphatic carbocycles. The summed E-state index contributed by atoms with van der Waals surface area (Å²) in [4.78, 5) is 25.3. The van der Waals surface area contributed by atoms with Crippen LogP contribution in [0.2, 0.25) is 0 Å². The average molecular weight is 395 g/mol. The molecule has 29 heavy (non-hydrogen) atoms. The molecule has 0 spiro atoms. The molecule has 5 heteroatoms. The van der Waals surface area contributed by atoms with E-state index in [9.17, 15) is 19.1 Å². The number of rotatable bonds is 5. The van der Waals surface area contributed by atoms with Gasteiger partial charge in [-0.2, -0.15) is 0 Å². The number of aryl methyl sites for hydroxylation is 1. The summed E-state index contributed by atoms with van der Waals surface area (Å²) in [5, 5.41) is 14.5. The van der Waals surface area contributed by atoms with Crippen LogP contribution in [0.25, 0.3) is 0 Å². The van der Waals surface area contributed by atoms with Crippen molar-refractivity contribution in [3.63, 3.8) is 0 Å². The van der Waals surface area contributed by atoms with Crippen LogP contribution in [0, 0.1) is 18.7 Å². The molecule has 2 aromatic rings. The van der Waals surface area contributed by atoms with E-state index >= 15 is 0 Å². The number of ketones is 2. The van der Waals surface area contributed by atoms with Crippen molar-refractivity contribution in [1.82, 2.24) is 0 Å². The maximum absolute atomic E-state index is 13.5. The quantitative estimate of drug-likeness (QED) is 0.780. The fourth-order valence-electron chi connectivity index (χ4n) is 4.33. The van der Waals surface area contributed by atoms with Gasteiger partial charge in [0.15, 0.2) is 5.78 Å². The average Bonchev–Trinajstić information content (AvgIpc) is 2.62. The van der Waals surface area contributed by atoms with Crippen LogP contribution >= 0.6 is 0 Å². The molecule has 0 amide bonds. The van der Waals surface area contributed by atoms with Crippen LogP contribution in [0.5, 0.6) is 0 Å². The molecule has 0 radical (unpaired) electrons. The summed E-state index contributed by atoms with van der Waals surface area (Å²) < 4.78 is 13.5. The number of carbonyl (C=O) groups excluding carboxylic acids is 2. The number of carbonyl (C=O) groups is 2. The first-order valence-electron chi connectivity index (χ1n) is 9.66. The molecule has 2 aromatic carbocycles. The van der Waals surface area contributed by atoms with E-state index in [4.69, 9.17) is 0 Å². The molecule has 0 heterocycles. The van der Waals surface area contributed by atoms with Gasteiger partial charge in [-0.1, -0.05) is 29.8 Å². The van der Waals surface area contributed by atoms with E-state index in [0.717, 1.165) is 11.3 Å². The number of aliphatic hydroxyl groups is 1. The summed E-state index contributed by atoms with van der Waals surface area (Å²) in [6, 6.07) is 13.5. The minimum Gasteiger partial charge on any atom is -0.389 e. The summed E-state index contributed by atoms with van der Waals surface area (Å²) in [5.74, 6) is -2.27. The predicted octanol–water partition coefficient (Wildman–Crippen LogP) is 4.53. The highest BCUT2D eigenvalue weighted by Crippen LogP contribution is 2.47. The lowest BCUT2D eigenvalue weighted by atomic mass is 9.64. The maximum Gasteiger partial charge on any atom is 0.158 e. The number of nitrogens with one attached hydrogen (secondary N) is 1. The lowest BCUT2D eigenvalue weighted by Crippen LogP contribution is -2.48. The molecule has 3 atom stereocenters. The standard InChI is InChI=1S/C24H26FNO3/c1-14-5-11-19(12-6-14)26-20-13-24(4,29)23(16(3)28)22(21(20)15(2)27)17-7-9-18(25)10-8-17/h5-12,22-23,26,29H,13H2,1-4H3/t22-,23-,24-/m0/s1. The molecule has 0 unspecified atom stereocenters. The van der Waals surface area contributed by atoms with Crippen molar-refractivity contribution in [3.8, 4) is 0 Å². The van der Waals surface area contributed by atoms with E-state index in [2.05, 4.69) is 5.32 Å². The van der Waals surface area contributed by atoms with E-state index in [1.807, 2.05) is 31.2 Å². The van der Waals surface area contributed by atoms with Crippen LogP contribution in [0.15, 0.2) is 59.8 Å². The van der Waals surface area contributed by atoms with Gasteiger partial charge in [0.05, 0.1) is 11.5 Å². The lowest BCUT2D eigenvalue weighted by Gasteiger charge is -2.43. The van der Waals surface area contributed by atoms with Gasteiger partial charge in [-0.05, 0) is 57.5 Å². The van der Waals surface area contributed by atoms with Gasteiger partial charge in [0.1, 0.15) is 11.6 Å². The Kier molecular flexibility index (Phi) is 5.71. The molecule has 3 rings (SSSR count). The van der Waals surface area contributed by atoms with Crippen LogP contribution < -0.4 is 5.32 Å². The minimum absolute atomic E-state index is 0.137. The van der Waals surface area contributed by atoms with Crippen molar-refractivity contribution in [3.05, 3.63) is 76.7 Å². The van der Waals surface area contributed by atoms with Gasteiger partial charge in [0.2, 0.25) is 0 Å². The van der Waals surface area contributed by atoms with Crippen molar-refractivity contribution in [2.75, 3.05) is 5.32 Å². The topological polar surface area (TPSA) is 66.4 Å². The first kappa shape index (κ1) is 20.9. The first-order valence-corrected chi connectivity index (χ1v) is 9.66. The van der Waals surface area contributed by atoms with Crippen LogP contribution in [-0.4, -0.2) is 22.3 Å². The third-order valence-electron chi connectivity index (χ3n) is 5.57. The zero-order valence-corrected chi connectivity index (χ0v) is 17.1. The van der Waals surface area contributed by atoms with Crippen molar-refractivity contribution in [2.45, 2.75) is 45.6 Å². The molecule has 0 aromatic heterocycles. The van der Waals surface area contributed by atoms with Gasteiger partial charge in [-0.3, -0.25) is 9.59 Å². The largest absolute Gasteiger partial charge is 0.389 e. The third-order valence-corrected chi connectivity index (χ3v) is 5.57. The van der Waals surface area contributed by atoms with E-state index < -0.39 is 23.3 Å². The molecule has 2 N–H and O–H groups in total. The SMILES string of the molecule is CC(=O)C1=C(Nc2ccc(C)cc2)C[C@](C)(O)[C@@H](C(C)=O)[C@H]1c1ccc(F)cc1. The normalized spacial score (nSPS) is 24.3. The molecule has 0 bridgehead atoms. The Morgan fingerprint density at radius 1 is 1.07 bits per heavy atom. The Labute approximate surface area is 170 Å². The van der Waals surface area contributed by atoms with Gasteiger partial charge in [0, 0.05) is 29.3 Å². The Morgan fingerprint density at radius 2 is 1.66 bits per heavy atom. The molecule has 152 valence electrons. The highest BCUT2D eigenvalue weighted by atomic mass is 19.1. The second-order valence-electron chi connectivity index (χ2n) is 8.09.